The van der Waals surface area contributed by atoms with Crippen LogP contribution in [-0.4, -0.2) is 30.9 Å². The van der Waals surface area contributed by atoms with Crippen LogP contribution in [0.4, 0.5) is 18.9 Å². The van der Waals surface area contributed by atoms with Gasteiger partial charge < -0.3 is 10.3 Å². The van der Waals surface area contributed by atoms with Crippen molar-refractivity contribution in [3.05, 3.63) is 71.7 Å². The first kappa shape index (κ1) is 19.0. The molecule has 0 radical (unpaired) electrons. The van der Waals surface area contributed by atoms with E-state index in [0.717, 1.165) is 37.0 Å². The molecule has 0 fully saturated rings. The normalized spacial score (nSPS) is 13.6. The molecule has 0 saturated heterocycles. The summed E-state index contributed by atoms with van der Waals surface area (Å²) < 4.78 is 42.6. The van der Waals surface area contributed by atoms with Gasteiger partial charge in [-0.25, -0.2) is 17.9 Å². The molecule has 0 bridgehead atoms. The van der Waals surface area contributed by atoms with Gasteiger partial charge in [-0.15, -0.1) is 5.10 Å². The first-order chi connectivity index (χ1) is 15.0. The number of nitrogens with zero attached hydrogens (tertiary/aromatic N) is 4. The molecule has 0 atom stereocenters. The van der Waals surface area contributed by atoms with Crippen LogP contribution >= 0.6 is 0 Å². The quantitative estimate of drug-likeness (QED) is 0.509. The van der Waals surface area contributed by atoms with Crippen molar-refractivity contribution in [1.82, 2.24) is 25.0 Å². The summed E-state index contributed by atoms with van der Waals surface area (Å²) >= 11 is 0. The van der Waals surface area contributed by atoms with Gasteiger partial charge in [0, 0.05) is 23.7 Å². The predicted octanol–water partition coefficient (Wildman–Crippen LogP) is 4.38. The lowest BCUT2D eigenvalue weighted by Gasteiger charge is -2.05. The zero-order chi connectivity index (χ0) is 21.5. The number of halogens is 3. The summed E-state index contributed by atoms with van der Waals surface area (Å²) in [6, 6.07) is 3.28. The maximum Gasteiger partial charge on any atom is 0.277 e. The van der Waals surface area contributed by atoms with E-state index < -0.39 is 23.4 Å². The Bertz CT molecular complexity index is 1360. The number of carbonyl (C=O) groups is 1. The largest absolute Gasteiger partial charge is 0.359 e. The first-order valence-corrected chi connectivity index (χ1v) is 9.55. The molecule has 7 nitrogen and oxygen atoms in total. The van der Waals surface area contributed by atoms with E-state index in [1.165, 1.54) is 29.3 Å². The van der Waals surface area contributed by atoms with Gasteiger partial charge in [0.15, 0.2) is 23.1 Å². The number of allylic oxidation sites excluding steroid dienone is 2. The molecule has 1 aliphatic carbocycles. The summed E-state index contributed by atoms with van der Waals surface area (Å²) in [5, 5.41) is 10.6. The minimum atomic E-state index is -1.03. The summed E-state index contributed by atoms with van der Waals surface area (Å²) in [5.74, 6) is -3.11. The molecule has 3 aromatic heterocycles. The van der Waals surface area contributed by atoms with E-state index in [0.29, 0.717) is 22.3 Å². The van der Waals surface area contributed by atoms with Gasteiger partial charge >= 0.3 is 0 Å². The Morgan fingerprint density at radius 3 is 2.74 bits per heavy atom. The number of anilines is 1. The number of aromatic amines is 1. The van der Waals surface area contributed by atoms with Crippen molar-refractivity contribution in [2.24, 2.45) is 0 Å². The van der Waals surface area contributed by atoms with Crippen molar-refractivity contribution in [3.63, 3.8) is 0 Å². The summed E-state index contributed by atoms with van der Waals surface area (Å²) in [6.45, 7) is 0. The highest BCUT2D eigenvalue weighted by Gasteiger charge is 2.18. The van der Waals surface area contributed by atoms with E-state index in [2.05, 4.69) is 25.6 Å². The molecular weight excluding hydrogens is 409 g/mol. The molecule has 1 aromatic carbocycles. The van der Waals surface area contributed by atoms with Crippen molar-refractivity contribution in [2.45, 2.75) is 19.3 Å². The number of carbonyl (C=O) groups excluding carboxylic acids is 1. The average Bonchev–Trinajstić information content (AvgIpc) is 3.50. The predicted molar refractivity (Wildman–Crippen MR) is 107 cm³/mol. The summed E-state index contributed by atoms with van der Waals surface area (Å²) in [7, 11) is 0. The number of aromatic nitrogens is 5. The average molecular weight is 424 g/mol. The molecule has 5 rings (SSSR count). The number of nitrogens with one attached hydrogen (secondary N) is 2. The van der Waals surface area contributed by atoms with Gasteiger partial charge in [0.2, 0.25) is 0 Å². The Balaban J connectivity index is 1.38. The highest BCUT2D eigenvalue weighted by Crippen LogP contribution is 2.29. The Morgan fingerprint density at radius 1 is 1.13 bits per heavy atom. The second-order valence-electron chi connectivity index (χ2n) is 7.16. The van der Waals surface area contributed by atoms with Gasteiger partial charge in [-0.2, -0.15) is 0 Å². The van der Waals surface area contributed by atoms with E-state index in [1.807, 2.05) is 6.08 Å². The molecule has 0 spiro atoms. The third kappa shape index (κ3) is 3.45. The highest BCUT2D eigenvalue weighted by atomic mass is 19.2. The lowest BCUT2D eigenvalue weighted by atomic mass is 10.1. The number of benzene rings is 1. The van der Waals surface area contributed by atoms with Gasteiger partial charge in [-0.1, -0.05) is 11.3 Å². The van der Waals surface area contributed by atoms with Gasteiger partial charge in [0.05, 0.1) is 29.3 Å². The van der Waals surface area contributed by atoms with E-state index in [9.17, 15) is 18.0 Å². The van der Waals surface area contributed by atoms with Crippen molar-refractivity contribution in [1.29, 1.82) is 0 Å². The minimum absolute atomic E-state index is 0.0417. The van der Waals surface area contributed by atoms with Crippen molar-refractivity contribution in [3.8, 4) is 5.69 Å². The lowest BCUT2D eigenvalue weighted by Crippen LogP contribution is -2.12. The number of hydrogen-bond donors (Lipinski definition) is 2. The third-order valence-corrected chi connectivity index (χ3v) is 5.13. The van der Waals surface area contributed by atoms with Crippen LogP contribution < -0.4 is 5.32 Å². The van der Waals surface area contributed by atoms with E-state index in [-0.39, 0.29) is 11.4 Å². The highest BCUT2D eigenvalue weighted by molar-refractivity contribution is 6.07. The second kappa shape index (κ2) is 7.38. The molecule has 0 unspecified atom stereocenters. The monoisotopic (exact) mass is 424 g/mol. The van der Waals surface area contributed by atoms with Gasteiger partial charge in [0.1, 0.15) is 5.69 Å². The minimum Gasteiger partial charge on any atom is -0.359 e. The zero-order valence-electron chi connectivity index (χ0n) is 16.0. The molecule has 1 aliphatic rings. The molecule has 4 aromatic rings. The van der Waals surface area contributed by atoms with Crippen molar-refractivity contribution in [2.75, 3.05) is 5.32 Å². The molecule has 31 heavy (non-hydrogen) atoms. The third-order valence-electron chi connectivity index (χ3n) is 5.13. The van der Waals surface area contributed by atoms with Crippen LogP contribution in [0.3, 0.4) is 0 Å². The molecular formula is C21H15F3N6O. The van der Waals surface area contributed by atoms with E-state index in [1.54, 1.807) is 0 Å². The fourth-order valence-electron chi connectivity index (χ4n) is 3.58. The number of rotatable bonds is 4. The fourth-order valence-corrected chi connectivity index (χ4v) is 3.58. The molecule has 10 heteroatoms. The smallest absolute Gasteiger partial charge is 0.277 e. The standard InChI is InChI=1S/C21H15F3N6O/c22-14-6-13-17(7-15(14)23)25-9-18(13)27-21(31)19-10-30(29-28-19)12-5-16(24)20(26-8-12)11-3-1-2-4-11/h3,5-10,25H,1-2,4H2,(H,27,31). The van der Waals surface area contributed by atoms with E-state index in [4.69, 9.17) is 0 Å². The topological polar surface area (TPSA) is 88.5 Å². The summed E-state index contributed by atoms with van der Waals surface area (Å²) in [6.07, 6.45) is 8.88. The number of fused-ring (bicyclic) bond motifs is 1. The van der Waals surface area contributed by atoms with E-state index >= 15 is 0 Å². The van der Waals surface area contributed by atoms with Crippen LogP contribution in [0.5, 0.6) is 0 Å². The molecule has 156 valence electrons. The second-order valence-corrected chi connectivity index (χ2v) is 7.16. The van der Waals surface area contributed by atoms with Crippen LogP contribution in [0.15, 0.2) is 42.9 Å². The Labute approximate surface area is 173 Å². The molecule has 0 saturated carbocycles. The summed E-state index contributed by atoms with van der Waals surface area (Å²) in [5.41, 5.74) is 2.07. The zero-order valence-corrected chi connectivity index (χ0v) is 16.0. The Kier molecular flexibility index (Phi) is 4.54. The molecule has 1 amide bonds. The maximum absolute atomic E-state index is 14.5. The van der Waals surface area contributed by atoms with Gasteiger partial charge in [0.25, 0.3) is 5.91 Å². The van der Waals surface area contributed by atoms with Crippen LogP contribution in [-0.2, 0) is 0 Å². The number of hydrogen-bond acceptors (Lipinski definition) is 4. The first-order valence-electron chi connectivity index (χ1n) is 9.55. The molecule has 3 heterocycles. The van der Waals surface area contributed by atoms with Crippen molar-refractivity contribution < 1.29 is 18.0 Å². The fraction of sp³-hybridized carbons (Fsp3) is 0.143. The number of amides is 1. The maximum atomic E-state index is 14.5. The number of H-pyrrole nitrogens is 1. The van der Waals surface area contributed by atoms with Gasteiger partial charge in [-0.05, 0) is 30.9 Å². The van der Waals surface area contributed by atoms with Crippen LogP contribution in [0.2, 0.25) is 0 Å². The van der Waals surface area contributed by atoms with Crippen LogP contribution in [0.1, 0.15) is 35.4 Å². The van der Waals surface area contributed by atoms with Gasteiger partial charge in [-0.3, -0.25) is 9.78 Å². The SMILES string of the molecule is O=C(Nc1c[nH]c2cc(F)c(F)cc12)c1cn(-c2cnc(C3=CCCC3)c(F)c2)nn1. The lowest BCUT2D eigenvalue weighted by molar-refractivity contribution is 0.102. The molecule has 2 N–H and O–H groups in total. The Morgan fingerprint density at radius 2 is 1.97 bits per heavy atom. The number of pyridine rings is 1. The summed E-state index contributed by atoms with van der Waals surface area (Å²) in [4.78, 5) is 19.5. The Hall–Kier alpha value is -3.95. The van der Waals surface area contributed by atoms with Crippen molar-refractivity contribution >= 4 is 28.1 Å². The van der Waals surface area contributed by atoms with Crippen LogP contribution in [0.25, 0.3) is 22.2 Å². The van der Waals surface area contributed by atoms with Crippen LogP contribution in [0, 0.1) is 17.5 Å². The molecule has 0 aliphatic heterocycles.